The molecule has 6 nitrogen and oxygen atoms in total. The number of nitrogens with one attached hydrogen (secondary N) is 1. The molecule has 5 N–H and O–H groups in total. The summed E-state index contributed by atoms with van der Waals surface area (Å²) < 4.78 is 27.2. The second-order valence-electron chi connectivity index (χ2n) is 5.64. The Hall–Kier alpha value is -1.60. The van der Waals surface area contributed by atoms with Gasteiger partial charge in [0.1, 0.15) is 4.90 Å². The lowest BCUT2D eigenvalue weighted by Gasteiger charge is -2.16. The van der Waals surface area contributed by atoms with E-state index in [0.29, 0.717) is 18.4 Å². The Morgan fingerprint density at radius 3 is 2.62 bits per heavy atom. The molecule has 1 aromatic carbocycles. The Morgan fingerprint density at radius 1 is 1.38 bits per heavy atom. The summed E-state index contributed by atoms with van der Waals surface area (Å²) in [5.74, 6) is 0.256. The second-order valence-corrected chi connectivity index (χ2v) is 7.37. The highest BCUT2D eigenvalue weighted by Crippen LogP contribution is 2.31. The van der Waals surface area contributed by atoms with Crippen molar-refractivity contribution >= 4 is 21.6 Å². The van der Waals surface area contributed by atoms with Gasteiger partial charge < -0.3 is 11.5 Å². The van der Waals surface area contributed by atoms with Gasteiger partial charge in [0.05, 0.1) is 5.69 Å². The van der Waals surface area contributed by atoms with Crippen molar-refractivity contribution in [1.29, 1.82) is 0 Å². The van der Waals surface area contributed by atoms with E-state index in [2.05, 4.69) is 11.6 Å². The molecule has 21 heavy (non-hydrogen) atoms. The van der Waals surface area contributed by atoms with E-state index in [9.17, 15) is 13.2 Å². The molecular formula is C14H21N3O3S. The maximum atomic E-state index is 12.3. The average molecular weight is 311 g/mol. The van der Waals surface area contributed by atoms with Crippen LogP contribution in [0.25, 0.3) is 0 Å². The van der Waals surface area contributed by atoms with Crippen LogP contribution in [0.4, 0.5) is 5.69 Å². The fourth-order valence-electron chi connectivity index (χ4n) is 2.77. The highest BCUT2D eigenvalue weighted by molar-refractivity contribution is 7.89. The van der Waals surface area contributed by atoms with E-state index >= 15 is 0 Å². The zero-order valence-corrected chi connectivity index (χ0v) is 12.8. The van der Waals surface area contributed by atoms with E-state index in [1.165, 1.54) is 18.2 Å². The van der Waals surface area contributed by atoms with Crippen LogP contribution < -0.4 is 16.2 Å². The number of nitrogen functional groups attached to an aromatic ring is 1. The molecule has 1 aromatic rings. The van der Waals surface area contributed by atoms with Crippen molar-refractivity contribution in [3.63, 3.8) is 0 Å². The molecule has 0 saturated heterocycles. The zero-order valence-electron chi connectivity index (χ0n) is 12.0. The number of anilines is 1. The number of nitrogens with two attached hydrogens (primary N) is 2. The van der Waals surface area contributed by atoms with Crippen LogP contribution in [0.1, 0.15) is 36.5 Å². The van der Waals surface area contributed by atoms with Crippen LogP contribution in [-0.2, 0) is 10.0 Å². The molecule has 0 radical (unpaired) electrons. The minimum absolute atomic E-state index is 0.0156. The van der Waals surface area contributed by atoms with Gasteiger partial charge in [0.2, 0.25) is 15.9 Å². The molecule has 1 saturated carbocycles. The lowest BCUT2D eigenvalue weighted by molar-refractivity contribution is 0.1000. The summed E-state index contributed by atoms with van der Waals surface area (Å²) in [4.78, 5) is 11.0. The van der Waals surface area contributed by atoms with Crippen molar-refractivity contribution in [1.82, 2.24) is 4.72 Å². The van der Waals surface area contributed by atoms with Gasteiger partial charge in [-0.2, -0.15) is 0 Å². The molecule has 0 spiro atoms. The van der Waals surface area contributed by atoms with Crippen molar-refractivity contribution in [2.45, 2.75) is 31.1 Å². The van der Waals surface area contributed by atoms with E-state index in [4.69, 9.17) is 11.5 Å². The molecule has 7 heteroatoms. The summed E-state index contributed by atoms with van der Waals surface area (Å²) in [5, 5.41) is 0. The van der Waals surface area contributed by atoms with Gasteiger partial charge in [-0.3, -0.25) is 4.79 Å². The summed E-state index contributed by atoms with van der Waals surface area (Å²) >= 11 is 0. The molecule has 0 aromatic heterocycles. The average Bonchev–Trinajstić information content (AvgIpc) is 2.81. The molecule has 0 heterocycles. The van der Waals surface area contributed by atoms with E-state index < -0.39 is 15.9 Å². The Kier molecular flexibility index (Phi) is 4.53. The summed E-state index contributed by atoms with van der Waals surface area (Å²) in [6.07, 6.45) is 3.32. The lowest BCUT2D eigenvalue weighted by atomic mass is 9.99. The number of carbonyl (C=O) groups is 1. The SMILES string of the molecule is CC1CCCC1CNS(=O)(=O)c1ccc(C(N)=O)cc1N. The first-order chi connectivity index (χ1) is 9.81. The van der Waals surface area contributed by atoms with Crippen molar-refractivity contribution in [3.8, 4) is 0 Å². The number of carbonyl (C=O) groups excluding carboxylic acids is 1. The minimum atomic E-state index is -3.67. The third-order valence-corrected chi connectivity index (χ3v) is 5.66. The van der Waals surface area contributed by atoms with Crippen LogP contribution in [0, 0.1) is 11.8 Å². The molecule has 1 fully saturated rings. The Bertz CT molecular complexity index is 643. The Labute approximate surface area is 124 Å². The molecule has 1 amide bonds. The molecule has 116 valence electrons. The van der Waals surface area contributed by atoms with Gasteiger partial charge in [-0.15, -0.1) is 0 Å². The number of primary amides is 1. The van der Waals surface area contributed by atoms with Crippen molar-refractivity contribution in [3.05, 3.63) is 23.8 Å². The van der Waals surface area contributed by atoms with Crippen molar-refractivity contribution < 1.29 is 13.2 Å². The molecule has 1 aliphatic rings. The maximum Gasteiger partial charge on any atom is 0.248 e. The number of amides is 1. The minimum Gasteiger partial charge on any atom is -0.398 e. The highest BCUT2D eigenvalue weighted by atomic mass is 32.2. The lowest BCUT2D eigenvalue weighted by Crippen LogP contribution is -2.31. The summed E-state index contributed by atoms with van der Waals surface area (Å²) in [7, 11) is -3.67. The fourth-order valence-corrected chi connectivity index (χ4v) is 3.97. The first kappa shape index (κ1) is 15.8. The van der Waals surface area contributed by atoms with E-state index in [-0.39, 0.29) is 16.1 Å². The smallest absolute Gasteiger partial charge is 0.248 e. The van der Waals surface area contributed by atoms with Gasteiger partial charge in [-0.1, -0.05) is 19.8 Å². The van der Waals surface area contributed by atoms with Gasteiger partial charge in [0.15, 0.2) is 0 Å². The van der Waals surface area contributed by atoms with E-state index in [0.717, 1.165) is 19.3 Å². The first-order valence-corrected chi connectivity index (χ1v) is 8.48. The van der Waals surface area contributed by atoms with Gasteiger partial charge in [-0.25, -0.2) is 13.1 Å². The first-order valence-electron chi connectivity index (χ1n) is 7.00. The molecule has 2 atom stereocenters. The monoisotopic (exact) mass is 311 g/mol. The number of rotatable bonds is 5. The molecule has 2 rings (SSSR count). The molecule has 1 aliphatic carbocycles. The van der Waals surface area contributed by atoms with Crippen LogP contribution in [0.15, 0.2) is 23.1 Å². The highest BCUT2D eigenvalue weighted by Gasteiger charge is 2.26. The molecule has 2 unspecified atom stereocenters. The summed E-state index contributed by atoms with van der Waals surface area (Å²) in [6, 6.07) is 3.97. The molecule has 0 aliphatic heterocycles. The van der Waals surface area contributed by atoms with Crippen LogP contribution in [0.5, 0.6) is 0 Å². The Balaban J connectivity index is 2.14. The summed E-state index contributed by atoms with van der Waals surface area (Å²) in [6.45, 7) is 2.56. The third kappa shape index (κ3) is 3.54. The van der Waals surface area contributed by atoms with Crippen LogP contribution in [0.2, 0.25) is 0 Å². The fraction of sp³-hybridized carbons (Fsp3) is 0.500. The number of hydrogen-bond donors (Lipinski definition) is 3. The van der Waals surface area contributed by atoms with Crippen molar-refractivity contribution in [2.24, 2.45) is 17.6 Å². The quantitative estimate of drug-likeness (QED) is 0.706. The zero-order chi connectivity index (χ0) is 15.6. The van der Waals surface area contributed by atoms with Crippen LogP contribution in [-0.4, -0.2) is 20.9 Å². The van der Waals surface area contributed by atoms with Crippen LogP contribution in [0.3, 0.4) is 0 Å². The number of sulfonamides is 1. The second kappa shape index (κ2) is 6.03. The van der Waals surface area contributed by atoms with Crippen molar-refractivity contribution in [2.75, 3.05) is 12.3 Å². The normalized spacial score (nSPS) is 22.3. The standard InChI is InChI=1S/C14H21N3O3S/c1-9-3-2-4-11(9)8-17-21(19,20)13-6-5-10(14(16)18)7-12(13)15/h5-7,9,11,17H,2-4,8,15H2,1H3,(H2,16,18). The number of hydrogen-bond acceptors (Lipinski definition) is 4. The predicted molar refractivity (Wildman–Crippen MR) is 81.1 cm³/mol. The van der Waals surface area contributed by atoms with Gasteiger partial charge in [-0.05, 0) is 36.5 Å². The maximum absolute atomic E-state index is 12.3. The summed E-state index contributed by atoms with van der Waals surface area (Å²) in [5.41, 5.74) is 11.1. The number of benzene rings is 1. The topological polar surface area (TPSA) is 115 Å². The molecule has 0 bridgehead atoms. The van der Waals surface area contributed by atoms with Gasteiger partial charge in [0, 0.05) is 12.1 Å². The molecular weight excluding hydrogens is 290 g/mol. The Morgan fingerprint density at radius 2 is 2.10 bits per heavy atom. The van der Waals surface area contributed by atoms with Gasteiger partial charge in [0.25, 0.3) is 0 Å². The van der Waals surface area contributed by atoms with E-state index in [1.807, 2.05) is 0 Å². The van der Waals surface area contributed by atoms with Gasteiger partial charge >= 0.3 is 0 Å². The van der Waals surface area contributed by atoms with E-state index in [1.54, 1.807) is 0 Å². The third-order valence-electron chi connectivity index (χ3n) is 4.16. The predicted octanol–water partition coefficient (Wildman–Crippen LogP) is 1.08. The largest absolute Gasteiger partial charge is 0.398 e. The van der Waals surface area contributed by atoms with Crippen LogP contribution >= 0.6 is 0 Å².